The van der Waals surface area contributed by atoms with Crippen molar-refractivity contribution in [2.75, 3.05) is 43.1 Å². The van der Waals surface area contributed by atoms with Crippen LogP contribution in [0.15, 0.2) is 48.7 Å². The zero-order valence-electron chi connectivity index (χ0n) is 20.9. The van der Waals surface area contributed by atoms with Gasteiger partial charge < -0.3 is 20.3 Å². The average Bonchev–Trinajstić information content (AvgIpc) is 3.28. The summed E-state index contributed by atoms with van der Waals surface area (Å²) in [5.41, 5.74) is 9.48. The molecule has 2 aromatic heterocycles. The summed E-state index contributed by atoms with van der Waals surface area (Å²) >= 11 is 0. The lowest BCUT2D eigenvalue weighted by atomic mass is 10.1. The number of nitriles is 1. The molecule has 0 spiro atoms. The molecule has 2 N–H and O–H groups in total. The fraction of sp³-hybridized carbons (Fsp3) is 0.321. The number of nitrogens with two attached hydrogens (primary N) is 1. The summed E-state index contributed by atoms with van der Waals surface area (Å²) in [7, 11) is 1.67. The number of rotatable bonds is 5. The lowest BCUT2D eigenvalue weighted by molar-refractivity contribution is 0.0787. The molecule has 4 heterocycles. The summed E-state index contributed by atoms with van der Waals surface area (Å²) in [6, 6.07) is 13.1. The molecule has 194 valence electrons. The summed E-state index contributed by atoms with van der Waals surface area (Å²) in [5.74, 6) is -0.787. The number of piperidine rings is 1. The van der Waals surface area contributed by atoms with Gasteiger partial charge in [-0.1, -0.05) is 0 Å². The molecule has 0 saturated carbocycles. The minimum atomic E-state index is -0.667. The van der Waals surface area contributed by atoms with Crippen molar-refractivity contribution >= 4 is 22.5 Å². The van der Waals surface area contributed by atoms with Gasteiger partial charge in [0.15, 0.2) is 5.65 Å². The second-order valence-electron chi connectivity index (χ2n) is 9.83. The molecule has 8 nitrogen and oxygen atoms in total. The summed E-state index contributed by atoms with van der Waals surface area (Å²) in [6.07, 6.45) is 3.72. The summed E-state index contributed by atoms with van der Waals surface area (Å²) in [4.78, 5) is 13.7. The van der Waals surface area contributed by atoms with Gasteiger partial charge in [-0.3, -0.25) is 4.57 Å². The van der Waals surface area contributed by atoms with Gasteiger partial charge in [0.2, 0.25) is 0 Å². The Morgan fingerprint density at radius 3 is 2.58 bits per heavy atom. The molecule has 1 atom stereocenters. The number of methoxy groups -OCH3 is 1. The highest BCUT2D eigenvalue weighted by Crippen LogP contribution is 2.36. The minimum Gasteiger partial charge on any atom is -0.378 e. The highest BCUT2D eigenvalue weighted by atomic mass is 19.1. The van der Waals surface area contributed by atoms with Crippen LogP contribution in [0.25, 0.3) is 28.2 Å². The van der Waals surface area contributed by atoms with Gasteiger partial charge in [0, 0.05) is 56.8 Å². The normalized spacial score (nSPS) is 18.0. The van der Waals surface area contributed by atoms with Gasteiger partial charge in [-0.15, -0.1) is 0 Å². The lowest BCUT2D eigenvalue weighted by Gasteiger charge is -2.40. The van der Waals surface area contributed by atoms with E-state index in [1.165, 1.54) is 18.2 Å². The molecule has 6 rings (SSSR count). The Labute approximate surface area is 218 Å². The number of benzene rings is 2. The van der Waals surface area contributed by atoms with Crippen molar-refractivity contribution in [3.8, 4) is 23.1 Å². The number of fused-ring (bicyclic) bond motifs is 1. The third-order valence-electron chi connectivity index (χ3n) is 7.39. The number of hydrogen-bond donors (Lipinski definition) is 1. The van der Waals surface area contributed by atoms with Gasteiger partial charge >= 0.3 is 0 Å². The smallest absolute Gasteiger partial charge is 0.167 e. The first-order valence-electron chi connectivity index (χ1n) is 12.6. The number of aromatic nitrogens is 3. The molecule has 0 unspecified atom stereocenters. The van der Waals surface area contributed by atoms with Crippen LogP contribution in [0.5, 0.6) is 0 Å². The van der Waals surface area contributed by atoms with Crippen molar-refractivity contribution in [1.29, 1.82) is 5.26 Å². The van der Waals surface area contributed by atoms with E-state index in [-0.39, 0.29) is 23.4 Å². The molecule has 2 aromatic carbocycles. The Balaban J connectivity index is 1.52. The number of anilines is 2. The van der Waals surface area contributed by atoms with Crippen molar-refractivity contribution in [2.45, 2.75) is 25.0 Å². The maximum absolute atomic E-state index is 15.8. The van der Waals surface area contributed by atoms with E-state index in [1.807, 2.05) is 23.1 Å². The van der Waals surface area contributed by atoms with Crippen LogP contribution in [-0.4, -0.2) is 60.0 Å². The van der Waals surface area contributed by atoms with Crippen molar-refractivity contribution in [3.63, 3.8) is 0 Å². The molecule has 2 fully saturated rings. The molecule has 0 bridgehead atoms. The van der Waals surface area contributed by atoms with Gasteiger partial charge in [-0.25, -0.2) is 18.7 Å². The molecule has 0 radical (unpaired) electrons. The van der Waals surface area contributed by atoms with Gasteiger partial charge in [0.1, 0.15) is 29.0 Å². The van der Waals surface area contributed by atoms with E-state index in [0.29, 0.717) is 42.2 Å². The first-order chi connectivity index (χ1) is 18.5. The standard InChI is InChI=1S/C28H27F2N7O/c1-38-21-15-36(16-21)20-6-7-24(23(30)12-20)37-27(17-4-5-18(13-31)22(29)11-17)34-26-25(8-9-33-28(26)37)35-10-2-3-19(32)14-35/h4-9,11-12,19,21H,2-3,10,14-16,32H2,1H3/t19-/m1/s1. The van der Waals surface area contributed by atoms with Gasteiger partial charge in [-0.05, 0) is 55.3 Å². The van der Waals surface area contributed by atoms with Gasteiger partial charge in [0.05, 0.1) is 23.0 Å². The topological polar surface area (TPSA) is 96.2 Å². The molecule has 0 aliphatic carbocycles. The van der Waals surface area contributed by atoms with Crippen molar-refractivity contribution in [3.05, 3.63) is 65.9 Å². The maximum Gasteiger partial charge on any atom is 0.167 e. The van der Waals surface area contributed by atoms with E-state index in [1.54, 1.807) is 30.0 Å². The fourth-order valence-electron chi connectivity index (χ4n) is 5.28. The van der Waals surface area contributed by atoms with E-state index < -0.39 is 11.6 Å². The number of nitrogens with zero attached hydrogens (tertiary/aromatic N) is 6. The molecule has 2 saturated heterocycles. The van der Waals surface area contributed by atoms with E-state index >= 15 is 4.39 Å². The molecular formula is C28H27F2N7O. The van der Waals surface area contributed by atoms with Crippen LogP contribution in [0.2, 0.25) is 0 Å². The van der Waals surface area contributed by atoms with Crippen LogP contribution in [0, 0.1) is 23.0 Å². The Morgan fingerprint density at radius 1 is 1.03 bits per heavy atom. The molecule has 10 heteroatoms. The third kappa shape index (κ3) is 4.14. The Hall–Kier alpha value is -4.07. The molecule has 4 aromatic rings. The van der Waals surface area contributed by atoms with Crippen molar-refractivity contribution in [2.24, 2.45) is 5.73 Å². The second kappa shape index (κ2) is 9.67. The largest absolute Gasteiger partial charge is 0.378 e. The maximum atomic E-state index is 15.8. The van der Waals surface area contributed by atoms with Crippen LogP contribution in [0.4, 0.5) is 20.2 Å². The number of ether oxygens (including phenoxy) is 1. The molecule has 2 aliphatic rings. The predicted molar refractivity (Wildman–Crippen MR) is 141 cm³/mol. The van der Waals surface area contributed by atoms with Crippen LogP contribution in [-0.2, 0) is 4.74 Å². The van der Waals surface area contributed by atoms with E-state index in [0.717, 1.165) is 30.8 Å². The number of halogens is 2. The summed E-state index contributed by atoms with van der Waals surface area (Å²) < 4.78 is 37.4. The van der Waals surface area contributed by atoms with Crippen molar-refractivity contribution in [1.82, 2.24) is 14.5 Å². The van der Waals surface area contributed by atoms with E-state index in [2.05, 4.69) is 9.88 Å². The molecule has 0 amide bonds. The van der Waals surface area contributed by atoms with E-state index in [9.17, 15) is 9.65 Å². The molecular weight excluding hydrogens is 488 g/mol. The van der Waals surface area contributed by atoms with Gasteiger partial charge in [-0.2, -0.15) is 5.26 Å². The van der Waals surface area contributed by atoms with Crippen molar-refractivity contribution < 1.29 is 13.5 Å². The van der Waals surface area contributed by atoms with Crippen LogP contribution < -0.4 is 15.5 Å². The molecule has 2 aliphatic heterocycles. The Morgan fingerprint density at radius 2 is 1.87 bits per heavy atom. The average molecular weight is 516 g/mol. The molecule has 38 heavy (non-hydrogen) atoms. The van der Waals surface area contributed by atoms with Crippen LogP contribution in [0.1, 0.15) is 18.4 Å². The second-order valence-corrected chi connectivity index (χ2v) is 9.83. The lowest BCUT2D eigenvalue weighted by Crippen LogP contribution is -2.51. The first-order valence-corrected chi connectivity index (χ1v) is 12.6. The Bertz CT molecular complexity index is 1560. The number of pyridine rings is 1. The zero-order valence-corrected chi connectivity index (χ0v) is 20.9. The predicted octanol–water partition coefficient (Wildman–Crippen LogP) is 4.00. The highest BCUT2D eigenvalue weighted by molar-refractivity contribution is 5.90. The first kappa shape index (κ1) is 24.3. The fourth-order valence-corrected chi connectivity index (χ4v) is 5.28. The number of hydrogen-bond acceptors (Lipinski definition) is 7. The van der Waals surface area contributed by atoms with E-state index in [4.69, 9.17) is 15.5 Å². The zero-order chi connectivity index (χ0) is 26.4. The minimum absolute atomic E-state index is 0.0466. The quantitative estimate of drug-likeness (QED) is 0.429. The summed E-state index contributed by atoms with van der Waals surface area (Å²) in [6.45, 7) is 2.89. The summed E-state index contributed by atoms with van der Waals surface area (Å²) in [5, 5.41) is 9.20. The van der Waals surface area contributed by atoms with Gasteiger partial charge in [0.25, 0.3) is 0 Å². The number of imidazole rings is 1. The SMILES string of the molecule is COC1CN(c2ccc(-n3c(-c4ccc(C#N)c(F)c4)nc4c(N5CCC[C@@H](N)C5)ccnc43)c(F)c2)C1. The van der Waals surface area contributed by atoms with Crippen LogP contribution >= 0.6 is 0 Å². The van der Waals surface area contributed by atoms with Crippen LogP contribution in [0.3, 0.4) is 0 Å². The third-order valence-corrected chi connectivity index (χ3v) is 7.39. The highest BCUT2D eigenvalue weighted by Gasteiger charge is 2.28. The Kier molecular flexibility index (Phi) is 6.18. The monoisotopic (exact) mass is 515 g/mol.